The molecule has 0 aliphatic heterocycles. The number of hydrogen-bond donors (Lipinski definition) is 0. The molecule has 1 aromatic rings. The molecule has 0 saturated heterocycles. The van der Waals surface area contributed by atoms with Crippen LogP contribution >= 0.6 is 0 Å². The van der Waals surface area contributed by atoms with Crippen molar-refractivity contribution in [1.82, 2.24) is 0 Å². The van der Waals surface area contributed by atoms with Gasteiger partial charge in [-0.15, -0.1) is 0 Å². The van der Waals surface area contributed by atoms with E-state index in [4.69, 9.17) is 47.4 Å². The van der Waals surface area contributed by atoms with E-state index in [1.807, 2.05) is 6.92 Å². The van der Waals surface area contributed by atoms with E-state index in [2.05, 4.69) is 6.92 Å². The molecule has 0 N–H and O–H groups in total. The van der Waals surface area contributed by atoms with E-state index in [0.29, 0.717) is 118 Å². The van der Waals surface area contributed by atoms with Gasteiger partial charge in [-0.1, -0.05) is 26.7 Å². The lowest BCUT2D eigenvalue weighted by molar-refractivity contribution is -0.384. The molecule has 0 fully saturated rings. The van der Waals surface area contributed by atoms with Crippen LogP contribution in [0.15, 0.2) is 24.3 Å². The summed E-state index contributed by atoms with van der Waals surface area (Å²) in [5.41, 5.74) is 0.0239. The van der Waals surface area contributed by atoms with E-state index in [1.54, 1.807) is 12.1 Å². The largest absolute Gasteiger partial charge is 0.491 e. The second kappa shape index (κ2) is 31.2. The van der Waals surface area contributed by atoms with E-state index in [0.717, 1.165) is 25.7 Å². The number of carbonyl (C=O) groups is 1. The second-order valence-electron chi connectivity index (χ2n) is 9.91. The first-order chi connectivity index (χ1) is 22.6. The minimum atomic E-state index is -0.453. The zero-order chi connectivity index (χ0) is 33.3. The van der Waals surface area contributed by atoms with Crippen LogP contribution in [0.2, 0.25) is 0 Å². The van der Waals surface area contributed by atoms with Crippen molar-refractivity contribution in [3.63, 3.8) is 0 Å². The van der Waals surface area contributed by atoms with Gasteiger partial charge >= 0.3 is 5.97 Å². The predicted octanol–water partition coefficient (Wildman–Crippen LogP) is 3.87. The third kappa shape index (κ3) is 24.8. The Morgan fingerprint density at radius 2 is 0.978 bits per heavy atom. The van der Waals surface area contributed by atoms with Gasteiger partial charge in [-0.25, -0.2) is 0 Å². The van der Waals surface area contributed by atoms with Crippen LogP contribution in [0.4, 0.5) is 5.69 Å². The normalized spacial score (nSPS) is 11.9. The molecule has 0 amide bonds. The summed E-state index contributed by atoms with van der Waals surface area (Å²) in [7, 11) is 0. The van der Waals surface area contributed by atoms with Gasteiger partial charge in [-0.2, -0.15) is 0 Å². The summed E-state index contributed by atoms with van der Waals surface area (Å²) in [6, 6.07) is 5.90. The summed E-state index contributed by atoms with van der Waals surface area (Å²) in [6.45, 7) is 12.0. The van der Waals surface area contributed by atoms with Gasteiger partial charge in [-0.3, -0.25) is 14.9 Å². The molecule has 0 saturated carbocycles. The fourth-order valence-corrected chi connectivity index (χ4v) is 3.78. The quantitative estimate of drug-likeness (QED) is 0.0455. The maximum atomic E-state index is 12.0. The summed E-state index contributed by atoms with van der Waals surface area (Å²) >= 11 is 0. The lowest BCUT2D eigenvalue weighted by Crippen LogP contribution is -2.20. The fourth-order valence-electron chi connectivity index (χ4n) is 3.78. The molecule has 14 nitrogen and oxygen atoms in total. The molecule has 1 atom stereocenters. The molecule has 0 spiro atoms. The molecule has 0 aliphatic carbocycles. The summed E-state index contributed by atoms with van der Waals surface area (Å²) in [6.07, 6.45) is 3.81. The number of nitro groups is 1. The van der Waals surface area contributed by atoms with Crippen molar-refractivity contribution in [2.75, 3.05) is 119 Å². The van der Waals surface area contributed by atoms with E-state index >= 15 is 0 Å². The second-order valence-corrected chi connectivity index (χ2v) is 9.91. The van der Waals surface area contributed by atoms with Gasteiger partial charge in [0, 0.05) is 12.1 Å². The molecule has 266 valence electrons. The van der Waals surface area contributed by atoms with Crippen LogP contribution in [0.25, 0.3) is 0 Å². The Bertz CT molecular complexity index is 844. The van der Waals surface area contributed by atoms with Crippen molar-refractivity contribution >= 4 is 11.7 Å². The van der Waals surface area contributed by atoms with Gasteiger partial charge in [0.05, 0.1) is 117 Å². The number of esters is 1. The summed E-state index contributed by atoms with van der Waals surface area (Å²) in [4.78, 5) is 22.2. The van der Waals surface area contributed by atoms with Crippen molar-refractivity contribution in [2.45, 2.75) is 39.5 Å². The van der Waals surface area contributed by atoms with Crippen molar-refractivity contribution in [1.29, 1.82) is 0 Å². The van der Waals surface area contributed by atoms with Crippen LogP contribution in [0.1, 0.15) is 39.5 Å². The smallest absolute Gasteiger partial charge is 0.308 e. The molecule has 0 aromatic heterocycles. The highest BCUT2D eigenvalue weighted by Crippen LogP contribution is 2.17. The Morgan fingerprint density at radius 3 is 1.33 bits per heavy atom. The Morgan fingerprint density at radius 1 is 0.609 bits per heavy atom. The Kier molecular flexibility index (Phi) is 28.2. The molecule has 1 aromatic carbocycles. The molecule has 0 aliphatic rings. The highest BCUT2D eigenvalue weighted by molar-refractivity contribution is 5.72. The van der Waals surface area contributed by atoms with Crippen molar-refractivity contribution < 1.29 is 57.1 Å². The zero-order valence-electron chi connectivity index (χ0n) is 27.7. The van der Waals surface area contributed by atoms with Crippen LogP contribution in [-0.2, 0) is 47.4 Å². The maximum absolute atomic E-state index is 12.0. The molecule has 1 unspecified atom stereocenters. The summed E-state index contributed by atoms with van der Waals surface area (Å²) in [5, 5.41) is 10.6. The topological polar surface area (TPSA) is 153 Å². The Hall–Kier alpha value is -2.43. The van der Waals surface area contributed by atoms with Crippen LogP contribution in [-0.4, -0.2) is 130 Å². The van der Waals surface area contributed by atoms with Crippen LogP contribution in [0.3, 0.4) is 0 Å². The van der Waals surface area contributed by atoms with E-state index in [9.17, 15) is 14.9 Å². The predicted molar refractivity (Wildman–Crippen MR) is 169 cm³/mol. The number of unbranched alkanes of at least 4 members (excludes halogenated alkanes) is 1. The fraction of sp³-hybridized carbons (Fsp3) is 0.781. The molecule has 46 heavy (non-hydrogen) atoms. The monoisotopic (exact) mass is 661 g/mol. The van der Waals surface area contributed by atoms with Gasteiger partial charge < -0.3 is 47.4 Å². The van der Waals surface area contributed by atoms with Gasteiger partial charge in [0.1, 0.15) is 19.0 Å². The van der Waals surface area contributed by atoms with Crippen molar-refractivity contribution in [2.24, 2.45) is 5.92 Å². The Balaban J connectivity index is 1.70. The van der Waals surface area contributed by atoms with Crippen LogP contribution < -0.4 is 4.74 Å². The van der Waals surface area contributed by atoms with Crippen molar-refractivity contribution in [3.8, 4) is 5.75 Å². The first-order valence-electron chi connectivity index (χ1n) is 16.2. The van der Waals surface area contributed by atoms with Gasteiger partial charge in [-0.05, 0) is 25.0 Å². The average Bonchev–Trinajstić information content (AvgIpc) is 3.06. The molecular weight excluding hydrogens is 606 g/mol. The SMILES string of the molecule is CCCCC(CC)C(=O)OCCOCCOCCOCCOCCOCCOCCOCCOCCOc1ccc([N+](=O)[O-])cc1. The summed E-state index contributed by atoms with van der Waals surface area (Å²) in [5.74, 6) is 0.417. The molecule has 14 heteroatoms. The minimum absolute atomic E-state index is 0.00984. The number of nitrogens with zero attached hydrogens (tertiary/aromatic N) is 1. The van der Waals surface area contributed by atoms with E-state index < -0.39 is 4.92 Å². The number of ether oxygens (including phenoxy) is 10. The number of hydrogen-bond acceptors (Lipinski definition) is 13. The highest BCUT2D eigenvalue weighted by atomic mass is 16.6. The molecule has 0 bridgehead atoms. The molecular formula is C32H55NO13. The lowest BCUT2D eigenvalue weighted by Gasteiger charge is -2.13. The van der Waals surface area contributed by atoms with E-state index in [1.165, 1.54) is 12.1 Å². The number of benzene rings is 1. The standard InChI is InChI=1S/C32H55NO13/c1-3-5-6-29(4-2)32(34)46-28-26-44-24-22-42-20-18-40-16-14-38-12-11-37-13-15-39-17-19-41-21-23-43-25-27-45-31-9-7-30(8-10-31)33(35)36/h7-10,29H,3-6,11-28H2,1-2H3. The molecule has 0 radical (unpaired) electrons. The maximum Gasteiger partial charge on any atom is 0.308 e. The van der Waals surface area contributed by atoms with Gasteiger partial charge in [0.2, 0.25) is 0 Å². The first kappa shape index (κ1) is 41.6. The number of non-ortho nitro benzene ring substituents is 1. The van der Waals surface area contributed by atoms with Crippen LogP contribution in [0.5, 0.6) is 5.75 Å². The van der Waals surface area contributed by atoms with Crippen LogP contribution in [0, 0.1) is 16.0 Å². The van der Waals surface area contributed by atoms with Gasteiger partial charge in [0.15, 0.2) is 0 Å². The molecule has 1 rings (SSSR count). The highest BCUT2D eigenvalue weighted by Gasteiger charge is 2.17. The van der Waals surface area contributed by atoms with Crippen molar-refractivity contribution in [3.05, 3.63) is 34.4 Å². The summed E-state index contributed by atoms with van der Waals surface area (Å²) < 4.78 is 54.4. The lowest BCUT2D eigenvalue weighted by atomic mass is 10.00. The number of nitro benzene ring substituents is 1. The number of rotatable bonds is 34. The van der Waals surface area contributed by atoms with Gasteiger partial charge in [0.25, 0.3) is 5.69 Å². The Labute approximate surface area is 273 Å². The third-order valence-corrected chi connectivity index (χ3v) is 6.35. The average molecular weight is 662 g/mol. The van der Waals surface area contributed by atoms with E-state index in [-0.39, 0.29) is 24.2 Å². The first-order valence-corrected chi connectivity index (χ1v) is 16.2. The number of carbonyl (C=O) groups excluding carboxylic acids is 1. The zero-order valence-corrected chi connectivity index (χ0v) is 27.7. The molecule has 0 heterocycles. The minimum Gasteiger partial charge on any atom is -0.491 e. The third-order valence-electron chi connectivity index (χ3n) is 6.35.